The van der Waals surface area contributed by atoms with E-state index in [-0.39, 0.29) is 31.7 Å². The van der Waals surface area contributed by atoms with Gasteiger partial charge in [0.25, 0.3) is 0 Å². The topological polar surface area (TPSA) is 79.3 Å². The van der Waals surface area contributed by atoms with Gasteiger partial charge in [-0.2, -0.15) is 0 Å². The second kappa shape index (κ2) is 8.62. The molecule has 0 radical (unpaired) electrons. The lowest BCUT2D eigenvalue weighted by Crippen LogP contribution is -2.52. The molecule has 9 heteroatoms. The van der Waals surface area contributed by atoms with Crippen LogP contribution in [-0.2, 0) is 17.9 Å². The Morgan fingerprint density at radius 2 is 1.77 bits per heavy atom. The summed E-state index contributed by atoms with van der Waals surface area (Å²) in [4.78, 5) is 27.8. The third-order valence-electron chi connectivity index (χ3n) is 5.15. The second-order valence-corrected chi connectivity index (χ2v) is 8.27. The maximum atomic E-state index is 13.2. The van der Waals surface area contributed by atoms with Crippen molar-refractivity contribution >= 4 is 35.2 Å². The molecular formula is C21H20Cl2N2O5. The number of rotatable bonds is 6. The summed E-state index contributed by atoms with van der Waals surface area (Å²) in [6, 6.07) is 10.5. The number of halogens is 2. The molecule has 0 saturated carbocycles. The van der Waals surface area contributed by atoms with Crippen LogP contribution in [0, 0.1) is 5.92 Å². The third-order valence-corrected chi connectivity index (χ3v) is 5.74. The zero-order valence-electron chi connectivity index (χ0n) is 16.0. The molecule has 1 fully saturated rings. The second-order valence-electron chi connectivity index (χ2n) is 7.43. The molecule has 1 atom stereocenters. The number of ether oxygens (including phenoxy) is 2. The monoisotopic (exact) mass is 450 g/mol. The summed E-state index contributed by atoms with van der Waals surface area (Å²) in [6.45, 7) is 1.52. The predicted molar refractivity (Wildman–Crippen MR) is 111 cm³/mol. The van der Waals surface area contributed by atoms with Crippen molar-refractivity contribution < 1.29 is 24.2 Å². The van der Waals surface area contributed by atoms with Crippen LogP contribution in [0.1, 0.15) is 17.5 Å². The fourth-order valence-electron chi connectivity index (χ4n) is 3.79. The molecule has 1 unspecified atom stereocenters. The van der Waals surface area contributed by atoms with Crippen LogP contribution in [0.2, 0.25) is 10.0 Å². The van der Waals surface area contributed by atoms with E-state index in [1.807, 2.05) is 18.2 Å². The van der Waals surface area contributed by atoms with Crippen molar-refractivity contribution in [2.45, 2.75) is 19.5 Å². The number of aliphatic carboxylic acids is 1. The van der Waals surface area contributed by atoms with E-state index >= 15 is 0 Å². The average molecular weight is 451 g/mol. The molecule has 7 nitrogen and oxygen atoms in total. The van der Waals surface area contributed by atoms with Crippen LogP contribution in [0.3, 0.4) is 0 Å². The quantitative estimate of drug-likeness (QED) is 0.711. The molecule has 4 rings (SSSR count). The Morgan fingerprint density at radius 1 is 1.03 bits per heavy atom. The number of fused-ring (bicyclic) bond motifs is 1. The molecule has 2 aromatic rings. The maximum absolute atomic E-state index is 13.2. The van der Waals surface area contributed by atoms with Crippen molar-refractivity contribution in [3.05, 3.63) is 57.6 Å². The highest BCUT2D eigenvalue weighted by Gasteiger charge is 2.33. The minimum atomic E-state index is -0.887. The fourth-order valence-corrected chi connectivity index (χ4v) is 4.26. The zero-order valence-corrected chi connectivity index (χ0v) is 17.5. The van der Waals surface area contributed by atoms with Crippen molar-refractivity contribution in [3.8, 4) is 11.5 Å². The van der Waals surface area contributed by atoms with Crippen molar-refractivity contribution in [1.82, 2.24) is 9.80 Å². The molecular weight excluding hydrogens is 431 g/mol. The van der Waals surface area contributed by atoms with E-state index < -0.39 is 5.97 Å². The Bertz CT molecular complexity index is 984. The number of carbonyl (C=O) groups excluding carboxylic acids is 1. The van der Waals surface area contributed by atoms with Gasteiger partial charge in [-0.25, -0.2) is 4.79 Å². The number of carboxylic acid groups (broad SMARTS) is 1. The summed E-state index contributed by atoms with van der Waals surface area (Å²) in [6.07, 6.45) is -0.0181. The van der Waals surface area contributed by atoms with Crippen LogP contribution in [0.4, 0.5) is 4.79 Å². The lowest BCUT2D eigenvalue weighted by atomic mass is 10.0. The van der Waals surface area contributed by atoms with Crippen LogP contribution < -0.4 is 9.47 Å². The SMILES string of the molecule is O=C(O)CC1CN(Cc2ccc3c(c2)OCO3)C(=O)N(Cc2ccc(Cl)cc2Cl)C1. The number of hydrogen-bond donors (Lipinski definition) is 1. The Hall–Kier alpha value is -2.64. The van der Waals surface area contributed by atoms with E-state index in [9.17, 15) is 14.7 Å². The number of nitrogens with zero attached hydrogens (tertiary/aromatic N) is 2. The normalized spacial score (nSPS) is 18.1. The summed E-state index contributed by atoms with van der Waals surface area (Å²) in [5.74, 6) is 0.234. The lowest BCUT2D eigenvalue weighted by Gasteiger charge is -2.40. The molecule has 158 valence electrons. The Labute approximate surface area is 183 Å². The third kappa shape index (κ3) is 4.57. The van der Waals surface area contributed by atoms with Gasteiger partial charge in [0.2, 0.25) is 6.79 Å². The van der Waals surface area contributed by atoms with E-state index in [2.05, 4.69) is 0 Å². The van der Waals surface area contributed by atoms with E-state index in [0.717, 1.165) is 11.1 Å². The average Bonchev–Trinajstić information content (AvgIpc) is 3.15. The van der Waals surface area contributed by atoms with Crippen molar-refractivity contribution in [2.75, 3.05) is 19.9 Å². The Morgan fingerprint density at radius 3 is 2.50 bits per heavy atom. The standard InChI is InChI=1S/C21H20Cl2N2O5/c22-16-3-2-15(17(23)7-16)11-25-10-14(6-20(26)27)9-24(21(25)28)8-13-1-4-18-19(5-13)30-12-29-18/h1-5,7,14H,6,8-12H2,(H,26,27). The first-order valence-corrected chi connectivity index (χ1v) is 10.2. The van der Waals surface area contributed by atoms with Crippen molar-refractivity contribution in [1.29, 1.82) is 0 Å². The maximum Gasteiger partial charge on any atom is 0.320 e. The van der Waals surface area contributed by atoms with Gasteiger partial charge < -0.3 is 24.4 Å². The molecule has 1 saturated heterocycles. The number of benzene rings is 2. The first kappa shape index (κ1) is 20.6. The molecule has 0 aliphatic carbocycles. The Kier molecular flexibility index (Phi) is 5.92. The molecule has 0 bridgehead atoms. The molecule has 2 amide bonds. The Balaban J connectivity index is 1.54. The molecule has 2 heterocycles. The number of amides is 2. The van der Waals surface area contributed by atoms with Gasteiger partial charge >= 0.3 is 12.0 Å². The highest BCUT2D eigenvalue weighted by atomic mass is 35.5. The number of urea groups is 1. The minimum Gasteiger partial charge on any atom is -0.481 e. The van der Waals surface area contributed by atoms with E-state index in [0.29, 0.717) is 41.2 Å². The summed E-state index contributed by atoms with van der Waals surface area (Å²) in [5, 5.41) is 10.3. The predicted octanol–water partition coefficient (Wildman–Crippen LogP) is 4.25. The first-order chi connectivity index (χ1) is 14.4. The van der Waals surface area contributed by atoms with Crippen LogP contribution in [0.25, 0.3) is 0 Å². The molecule has 30 heavy (non-hydrogen) atoms. The van der Waals surface area contributed by atoms with Gasteiger partial charge in [0.05, 0.1) is 6.42 Å². The first-order valence-electron chi connectivity index (χ1n) is 9.47. The van der Waals surface area contributed by atoms with Crippen LogP contribution >= 0.6 is 23.2 Å². The lowest BCUT2D eigenvalue weighted by molar-refractivity contribution is -0.138. The number of hydrogen-bond acceptors (Lipinski definition) is 4. The summed E-state index contributed by atoms with van der Waals surface area (Å²) in [7, 11) is 0. The van der Waals surface area contributed by atoms with Gasteiger partial charge in [-0.15, -0.1) is 0 Å². The molecule has 0 spiro atoms. The molecule has 1 N–H and O–H groups in total. The largest absolute Gasteiger partial charge is 0.481 e. The van der Waals surface area contributed by atoms with E-state index in [1.54, 1.807) is 28.0 Å². The van der Waals surface area contributed by atoms with Crippen molar-refractivity contribution in [2.24, 2.45) is 5.92 Å². The fraction of sp³-hybridized carbons (Fsp3) is 0.333. The zero-order chi connectivity index (χ0) is 21.3. The number of carbonyl (C=O) groups is 2. The van der Waals surface area contributed by atoms with E-state index in [4.69, 9.17) is 32.7 Å². The van der Waals surface area contributed by atoms with Gasteiger partial charge in [0.15, 0.2) is 11.5 Å². The highest BCUT2D eigenvalue weighted by Crippen LogP contribution is 2.33. The van der Waals surface area contributed by atoms with Gasteiger partial charge in [0.1, 0.15) is 0 Å². The smallest absolute Gasteiger partial charge is 0.320 e. The molecule has 2 aliphatic rings. The summed E-state index contributed by atoms with van der Waals surface area (Å²) >= 11 is 12.2. The van der Waals surface area contributed by atoms with Gasteiger partial charge in [0, 0.05) is 42.1 Å². The molecule has 0 aromatic heterocycles. The molecule has 2 aromatic carbocycles. The van der Waals surface area contributed by atoms with Crippen LogP contribution in [0.15, 0.2) is 36.4 Å². The summed E-state index contributed by atoms with van der Waals surface area (Å²) in [5.41, 5.74) is 1.64. The van der Waals surface area contributed by atoms with Crippen LogP contribution in [0.5, 0.6) is 11.5 Å². The van der Waals surface area contributed by atoms with Crippen molar-refractivity contribution in [3.63, 3.8) is 0 Å². The molecule has 2 aliphatic heterocycles. The van der Waals surface area contributed by atoms with Crippen LogP contribution in [-0.4, -0.2) is 46.8 Å². The van der Waals surface area contributed by atoms with Gasteiger partial charge in [-0.1, -0.05) is 35.3 Å². The van der Waals surface area contributed by atoms with E-state index in [1.165, 1.54) is 0 Å². The van der Waals surface area contributed by atoms with Gasteiger partial charge in [-0.05, 0) is 35.4 Å². The van der Waals surface area contributed by atoms with Gasteiger partial charge in [-0.3, -0.25) is 4.79 Å². The minimum absolute atomic E-state index is 0.0181. The highest BCUT2D eigenvalue weighted by molar-refractivity contribution is 6.35. The summed E-state index contributed by atoms with van der Waals surface area (Å²) < 4.78 is 10.7. The number of carboxylic acids is 1.